The summed E-state index contributed by atoms with van der Waals surface area (Å²) in [7, 11) is 0. The molecule has 2 aliphatic rings. The quantitative estimate of drug-likeness (QED) is 0.662. The number of carbonyl (C=O) groups excluding carboxylic acids is 2. The fourth-order valence-electron chi connectivity index (χ4n) is 2.48. The van der Waals surface area contributed by atoms with Crippen LogP contribution in [0, 0.1) is 0 Å². The van der Waals surface area contributed by atoms with Gasteiger partial charge in [-0.25, -0.2) is 4.79 Å². The van der Waals surface area contributed by atoms with Gasteiger partial charge in [0.05, 0.1) is 24.6 Å². The Morgan fingerprint density at radius 2 is 2.28 bits per heavy atom. The monoisotopic (exact) mass is 255 g/mol. The molecule has 3 atom stereocenters. The van der Waals surface area contributed by atoms with Crippen molar-refractivity contribution in [3.8, 4) is 0 Å². The maximum Gasteiger partial charge on any atom is 0.335 e. The lowest BCUT2D eigenvalue weighted by atomic mass is 9.92. The summed E-state index contributed by atoms with van der Waals surface area (Å²) in [6.45, 7) is 4.13. The first-order valence-corrected chi connectivity index (χ1v) is 6.05. The molecule has 0 radical (unpaired) electrons. The van der Waals surface area contributed by atoms with Gasteiger partial charge < -0.3 is 19.9 Å². The summed E-state index contributed by atoms with van der Waals surface area (Å²) in [5.41, 5.74) is -1.11. The van der Waals surface area contributed by atoms with Gasteiger partial charge >= 0.3 is 5.97 Å². The van der Waals surface area contributed by atoms with Crippen LogP contribution in [0.1, 0.15) is 20.3 Å². The van der Waals surface area contributed by atoms with Crippen LogP contribution in [0.15, 0.2) is 11.6 Å². The highest BCUT2D eigenvalue weighted by atomic mass is 16.5. The average Bonchev–Trinajstić information content (AvgIpc) is 2.72. The molecule has 0 saturated carbocycles. The van der Waals surface area contributed by atoms with Crippen molar-refractivity contribution in [3.63, 3.8) is 0 Å². The van der Waals surface area contributed by atoms with Crippen molar-refractivity contribution in [2.24, 2.45) is 0 Å². The predicted octanol–water partition coefficient (Wildman–Crippen LogP) is -0.486. The zero-order valence-corrected chi connectivity index (χ0v) is 10.4. The number of aliphatic hydroxyl groups is 1. The molecule has 0 bridgehead atoms. The number of fused-ring (bicyclic) bond motifs is 1. The van der Waals surface area contributed by atoms with E-state index in [1.54, 1.807) is 19.9 Å². The van der Waals surface area contributed by atoms with E-state index in [1.807, 2.05) is 0 Å². The van der Waals surface area contributed by atoms with Gasteiger partial charge in [0.2, 0.25) is 5.91 Å². The largest absolute Gasteiger partial charge is 0.463 e. The third-order valence-electron chi connectivity index (χ3n) is 3.24. The summed E-state index contributed by atoms with van der Waals surface area (Å²) in [6.07, 6.45) is 0.818. The zero-order valence-electron chi connectivity index (χ0n) is 10.4. The first kappa shape index (κ1) is 13.0. The van der Waals surface area contributed by atoms with Crippen molar-refractivity contribution in [2.75, 3.05) is 13.2 Å². The molecule has 1 amide bonds. The van der Waals surface area contributed by atoms with Crippen molar-refractivity contribution in [1.82, 2.24) is 5.32 Å². The molecule has 2 rings (SSSR count). The van der Waals surface area contributed by atoms with E-state index in [1.165, 1.54) is 0 Å². The van der Waals surface area contributed by atoms with Gasteiger partial charge in [-0.3, -0.25) is 4.79 Å². The molecule has 0 aromatic carbocycles. The van der Waals surface area contributed by atoms with Gasteiger partial charge in [0.15, 0.2) is 0 Å². The molecule has 0 aromatic rings. The summed E-state index contributed by atoms with van der Waals surface area (Å²) in [6, 6.07) is -0.736. The van der Waals surface area contributed by atoms with Gasteiger partial charge in [0, 0.05) is 6.61 Å². The zero-order chi connectivity index (χ0) is 13.3. The molecule has 1 heterocycles. The first-order valence-electron chi connectivity index (χ1n) is 6.05. The fourth-order valence-corrected chi connectivity index (χ4v) is 2.48. The molecular weight excluding hydrogens is 238 g/mol. The second kappa shape index (κ2) is 4.70. The third kappa shape index (κ3) is 1.91. The Bertz CT molecular complexity index is 405. The van der Waals surface area contributed by atoms with Gasteiger partial charge in [-0.2, -0.15) is 0 Å². The Hall–Kier alpha value is -1.40. The lowest BCUT2D eigenvalue weighted by Gasteiger charge is -2.28. The minimum absolute atomic E-state index is 0.0677. The summed E-state index contributed by atoms with van der Waals surface area (Å²) in [5.74, 6) is -0.813. The van der Waals surface area contributed by atoms with Gasteiger partial charge in [0.25, 0.3) is 0 Å². The molecule has 6 heteroatoms. The van der Waals surface area contributed by atoms with E-state index in [9.17, 15) is 14.7 Å². The number of rotatable bonds is 4. The Morgan fingerprint density at radius 3 is 2.89 bits per heavy atom. The van der Waals surface area contributed by atoms with Crippen LogP contribution in [0.2, 0.25) is 0 Å². The maximum absolute atomic E-state index is 11.8. The van der Waals surface area contributed by atoms with Crippen LogP contribution in [0.4, 0.5) is 0 Å². The number of carbonyl (C=O) groups is 2. The number of ether oxygens (including phenoxy) is 2. The highest BCUT2D eigenvalue weighted by Crippen LogP contribution is 2.39. The van der Waals surface area contributed by atoms with Crippen molar-refractivity contribution in [1.29, 1.82) is 0 Å². The summed E-state index contributed by atoms with van der Waals surface area (Å²) in [4.78, 5) is 23.2. The van der Waals surface area contributed by atoms with Crippen LogP contribution >= 0.6 is 0 Å². The molecule has 1 aliphatic carbocycles. The molecular formula is C12H17NO5. The first-order chi connectivity index (χ1) is 8.52. The van der Waals surface area contributed by atoms with E-state index in [2.05, 4.69) is 5.32 Å². The standard InChI is InChI=1S/C12H17NO5/c1-3-17-8-5-7(11(15)18-4-2)10-12(8,16)6-9(14)13-10/h5,8,10,16H,3-4,6H2,1-2H3,(H,13,14)/t8-,10+,12+/m1/s1. The highest BCUT2D eigenvalue weighted by molar-refractivity contribution is 5.95. The van der Waals surface area contributed by atoms with Crippen LogP contribution < -0.4 is 5.32 Å². The summed E-state index contributed by atoms with van der Waals surface area (Å²) >= 11 is 0. The summed E-state index contributed by atoms with van der Waals surface area (Å²) < 4.78 is 10.3. The SMILES string of the molecule is CCOC(=O)C1=C[C@@H](OCC)[C@@]2(O)CC(=O)N[C@@H]12. The molecule has 2 N–H and O–H groups in total. The molecule has 0 unspecified atom stereocenters. The lowest BCUT2D eigenvalue weighted by molar-refractivity contribution is -0.139. The van der Waals surface area contributed by atoms with E-state index < -0.39 is 23.7 Å². The van der Waals surface area contributed by atoms with Crippen LogP contribution in [0.25, 0.3) is 0 Å². The fraction of sp³-hybridized carbons (Fsp3) is 0.667. The predicted molar refractivity (Wildman–Crippen MR) is 61.6 cm³/mol. The number of esters is 1. The van der Waals surface area contributed by atoms with Gasteiger partial charge in [-0.05, 0) is 19.9 Å². The van der Waals surface area contributed by atoms with E-state index in [0.717, 1.165) is 0 Å². The molecule has 1 fully saturated rings. The van der Waals surface area contributed by atoms with Crippen molar-refractivity contribution < 1.29 is 24.2 Å². The molecule has 1 aliphatic heterocycles. The topological polar surface area (TPSA) is 84.9 Å². The van der Waals surface area contributed by atoms with Gasteiger partial charge in [-0.1, -0.05) is 0 Å². The molecule has 100 valence electrons. The number of nitrogens with one attached hydrogen (secondary N) is 1. The second-order valence-electron chi connectivity index (χ2n) is 4.39. The van der Waals surface area contributed by atoms with Gasteiger partial charge in [-0.15, -0.1) is 0 Å². The minimum Gasteiger partial charge on any atom is -0.463 e. The maximum atomic E-state index is 11.8. The van der Waals surface area contributed by atoms with E-state index >= 15 is 0 Å². The van der Waals surface area contributed by atoms with E-state index in [0.29, 0.717) is 6.61 Å². The normalized spacial score (nSPS) is 33.9. The second-order valence-corrected chi connectivity index (χ2v) is 4.39. The molecule has 0 aromatic heterocycles. The van der Waals surface area contributed by atoms with Crippen LogP contribution in [-0.2, 0) is 19.1 Å². The summed E-state index contributed by atoms with van der Waals surface area (Å²) in [5, 5.41) is 13.1. The number of hydrogen-bond donors (Lipinski definition) is 2. The van der Waals surface area contributed by atoms with Crippen LogP contribution in [-0.4, -0.2) is 47.9 Å². The molecule has 0 spiro atoms. The average molecular weight is 255 g/mol. The third-order valence-corrected chi connectivity index (χ3v) is 3.24. The minimum atomic E-state index is -1.38. The molecule has 1 saturated heterocycles. The Balaban J connectivity index is 2.27. The molecule has 18 heavy (non-hydrogen) atoms. The van der Waals surface area contributed by atoms with Crippen LogP contribution in [0.3, 0.4) is 0 Å². The van der Waals surface area contributed by atoms with Gasteiger partial charge in [0.1, 0.15) is 11.7 Å². The van der Waals surface area contributed by atoms with Crippen molar-refractivity contribution in [3.05, 3.63) is 11.6 Å². The molecule has 6 nitrogen and oxygen atoms in total. The number of amides is 1. The highest BCUT2D eigenvalue weighted by Gasteiger charge is 2.58. The van der Waals surface area contributed by atoms with Crippen LogP contribution in [0.5, 0.6) is 0 Å². The Morgan fingerprint density at radius 1 is 1.56 bits per heavy atom. The van der Waals surface area contributed by atoms with Crippen molar-refractivity contribution >= 4 is 11.9 Å². The smallest absolute Gasteiger partial charge is 0.335 e. The number of hydrogen-bond acceptors (Lipinski definition) is 5. The van der Waals surface area contributed by atoms with E-state index in [4.69, 9.17) is 9.47 Å². The van der Waals surface area contributed by atoms with Crippen molar-refractivity contribution in [2.45, 2.75) is 38.0 Å². The Kier molecular flexibility index (Phi) is 3.41. The lowest BCUT2D eigenvalue weighted by Crippen LogP contribution is -2.49. The Labute approximate surface area is 105 Å². The van der Waals surface area contributed by atoms with E-state index in [-0.39, 0.29) is 24.5 Å².